The van der Waals surface area contributed by atoms with E-state index in [0.717, 1.165) is 52.7 Å². The van der Waals surface area contributed by atoms with E-state index in [1.54, 1.807) is 4.90 Å². The largest absolute Gasteiger partial charge is 0.378 e. The predicted molar refractivity (Wildman–Crippen MR) is 124 cm³/mol. The third kappa shape index (κ3) is 3.33. The molecular weight excluding hydrogens is 402 g/mol. The van der Waals surface area contributed by atoms with Gasteiger partial charge in [-0.25, -0.2) is 15.0 Å². The number of anilines is 3. The third-order valence-corrected chi connectivity index (χ3v) is 6.36. The topological polar surface area (TPSA) is 71.5 Å². The fourth-order valence-electron chi connectivity index (χ4n) is 4.43. The van der Waals surface area contributed by atoms with Crippen LogP contribution >= 0.6 is 0 Å². The highest BCUT2D eigenvalue weighted by Gasteiger charge is 2.45. The first-order chi connectivity index (χ1) is 15.4. The van der Waals surface area contributed by atoms with Gasteiger partial charge in [-0.05, 0) is 56.5 Å². The molecule has 2 aliphatic heterocycles. The van der Waals surface area contributed by atoms with Crippen LogP contribution in [0.2, 0.25) is 0 Å². The number of rotatable bonds is 3. The van der Waals surface area contributed by atoms with Gasteiger partial charge in [0, 0.05) is 31.0 Å². The molecule has 3 aromatic rings. The first-order valence-corrected chi connectivity index (χ1v) is 10.9. The molecule has 1 aromatic carbocycles. The molecule has 0 aliphatic carbocycles. The van der Waals surface area contributed by atoms with Crippen LogP contribution in [0.25, 0.3) is 11.1 Å². The number of nitrogens with zero attached hydrogens (tertiary/aromatic N) is 5. The average molecular weight is 430 g/mol. The number of pyridine rings is 1. The first kappa shape index (κ1) is 20.6. The van der Waals surface area contributed by atoms with Gasteiger partial charge < -0.3 is 9.64 Å². The number of amides is 1. The summed E-state index contributed by atoms with van der Waals surface area (Å²) in [5, 5.41) is 0. The quantitative estimate of drug-likeness (QED) is 0.628. The van der Waals surface area contributed by atoms with Gasteiger partial charge in [-0.2, -0.15) is 0 Å². The van der Waals surface area contributed by atoms with E-state index < -0.39 is 5.41 Å². The predicted octanol–water partition coefficient (Wildman–Crippen LogP) is 3.95. The van der Waals surface area contributed by atoms with Crippen molar-refractivity contribution in [2.45, 2.75) is 33.1 Å². The summed E-state index contributed by atoms with van der Waals surface area (Å²) in [6, 6.07) is 10.1. The Kier molecular flexibility index (Phi) is 4.93. The average Bonchev–Trinajstić information content (AvgIpc) is 3.00. The minimum absolute atomic E-state index is 0.0223. The van der Waals surface area contributed by atoms with Crippen LogP contribution in [0.1, 0.15) is 30.8 Å². The lowest BCUT2D eigenvalue weighted by atomic mass is 9.85. The fraction of sp³-hybridized carbons (Fsp3) is 0.360. The Morgan fingerprint density at radius 2 is 1.69 bits per heavy atom. The van der Waals surface area contributed by atoms with Crippen molar-refractivity contribution >= 4 is 23.2 Å². The van der Waals surface area contributed by atoms with E-state index in [0.29, 0.717) is 19.0 Å². The summed E-state index contributed by atoms with van der Waals surface area (Å²) in [5.41, 5.74) is 4.20. The van der Waals surface area contributed by atoms with Gasteiger partial charge in [0.25, 0.3) is 0 Å². The zero-order valence-electron chi connectivity index (χ0n) is 18.9. The maximum Gasteiger partial charge on any atom is 0.242 e. The van der Waals surface area contributed by atoms with Crippen molar-refractivity contribution in [1.29, 1.82) is 0 Å². The standard InChI is InChI=1S/C25H27N5O2/c1-16-5-8-22(28-23(16)29-9-11-32-12-10-29)30-21-13-18(19-14-26-17(2)27-15-19)6-7-20(21)25(3,4)24(30)31/h5-8,13-15H,9-12H2,1-4H3. The van der Waals surface area contributed by atoms with Crippen LogP contribution in [0.3, 0.4) is 0 Å². The van der Waals surface area contributed by atoms with Gasteiger partial charge >= 0.3 is 0 Å². The number of aromatic nitrogens is 3. The second-order valence-corrected chi connectivity index (χ2v) is 8.93. The minimum Gasteiger partial charge on any atom is -0.378 e. The van der Waals surface area contributed by atoms with Crippen molar-refractivity contribution in [2.24, 2.45) is 0 Å². The zero-order chi connectivity index (χ0) is 22.5. The molecule has 5 rings (SSSR count). The normalized spacial score (nSPS) is 17.6. The number of carbonyl (C=O) groups is 1. The molecule has 2 aliphatic rings. The van der Waals surface area contributed by atoms with Gasteiger partial charge in [0.05, 0.1) is 24.3 Å². The van der Waals surface area contributed by atoms with Crippen LogP contribution in [0.5, 0.6) is 0 Å². The summed E-state index contributed by atoms with van der Waals surface area (Å²) >= 11 is 0. The molecule has 0 saturated carbocycles. The maximum absolute atomic E-state index is 13.6. The van der Waals surface area contributed by atoms with Crippen LogP contribution in [0.4, 0.5) is 17.3 Å². The van der Waals surface area contributed by atoms with Crippen molar-refractivity contribution < 1.29 is 9.53 Å². The van der Waals surface area contributed by atoms with E-state index in [2.05, 4.69) is 21.8 Å². The van der Waals surface area contributed by atoms with Crippen LogP contribution in [0.15, 0.2) is 42.7 Å². The van der Waals surface area contributed by atoms with Gasteiger partial charge in [0.2, 0.25) is 5.91 Å². The van der Waals surface area contributed by atoms with E-state index in [9.17, 15) is 4.79 Å². The molecular formula is C25H27N5O2. The van der Waals surface area contributed by atoms with Crippen LogP contribution in [0, 0.1) is 13.8 Å². The molecule has 1 amide bonds. The number of benzene rings is 1. The molecule has 7 heteroatoms. The smallest absolute Gasteiger partial charge is 0.242 e. The molecule has 7 nitrogen and oxygen atoms in total. The number of morpholine rings is 1. The highest BCUT2D eigenvalue weighted by atomic mass is 16.5. The highest BCUT2D eigenvalue weighted by molar-refractivity contribution is 6.12. The van der Waals surface area contributed by atoms with Gasteiger partial charge in [-0.1, -0.05) is 18.2 Å². The molecule has 0 unspecified atom stereocenters. The lowest BCUT2D eigenvalue weighted by molar-refractivity contribution is -0.121. The summed E-state index contributed by atoms with van der Waals surface area (Å²) in [5.74, 6) is 2.31. The molecule has 0 radical (unpaired) electrons. The Hall–Kier alpha value is -3.32. The Labute approximate surface area is 188 Å². The number of hydrogen-bond acceptors (Lipinski definition) is 6. The van der Waals surface area contributed by atoms with Crippen LogP contribution in [-0.4, -0.2) is 47.2 Å². The summed E-state index contributed by atoms with van der Waals surface area (Å²) < 4.78 is 5.50. The van der Waals surface area contributed by atoms with Crippen molar-refractivity contribution in [3.05, 3.63) is 59.7 Å². The first-order valence-electron chi connectivity index (χ1n) is 10.9. The Morgan fingerprint density at radius 1 is 0.969 bits per heavy atom. The Bertz CT molecular complexity index is 1180. The van der Waals surface area contributed by atoms with Gasteiger partial charge in [0.1, 0.15) is 17.5 Å². The van der Waals surface area contributed by atoms with E-state index in [1.807, 2.05) is 63.5 Å². The molecule has 164 valence electrons. The number of ether oxygens (including phenoxy) is 1. The molecule has 0 N–H and O–H groups in total. The van der Waals surface area contributed by atoms with Crippen molar-refractivity contribution in [3.63, 3.8) is 0 Å². The highest BCUT2D eigenvalue weighted by Crippen LogP contribution is 2.46. The van der Waals surface area contributed by atoms with Crippen molar-refractivity contribution in [3.8, 4) is 11.1 Å². The number of hydrogen-bond donors (Lipinski definition) is 0. The molecule has 0 atom stereocenters. The Morgan fingerprint density at radius 3 is 2.41 bits per heavy atom. The molecule has 2 aromatic heterocycles. The van der Waals surface area contributed by atoms with Crippen LogP contribution < -0.4 is 9.80 Å². The summed E-state index contributed by atoms with van der Waals surface area (Å²) in [6.45, 7) is 10.8. The Balaban J connectivity index is 1.61. The van der Waals surface area contributed by atoms with E-state index >= 15 is 0 Å². The summed E-state index contributed by atoms with van der Waals surface area (Å²) in [4.78, 5) is 31.2. The van der Waals surface area contributed by atoms with E-state index in [1.165, 1.54) is 0 Å². The van der Waals surface area contributed by atoms with E-state index in [4.69, 9.17) is 9.72 Å². The second-order valence-electron chi connectivity index (χ2n) is 8.93. The van der Waals surface area contributed by atoms with Gasteiger partial charge in [-0.3, -0.25) is 9.69 Å². The fourth-order valence-corrected chi connectivity index (χ4v) is 4.43. The third-order valence-electron chi connectivity index (χ3n) is 6.36. The van der Waals surface area contributed by atoms with E-state index in [-0.39, 0.29) is 5.91 Å². The molecule has 1 saturated heterocycles. The molecule has 32 heavy (non-hydrogen) atoms. The van der Waals surface area contributed by atoms with Crippen molar-refractivity contribution in [2.75, 3.05) is 36.1 Å². The lowest BCUT2D eigenvalue weighted by Crippen LogP contribution is -2.38. The molecule has 0 spiro atoms. The lowest BCUT2D eigenvalue weighted by Gasteiger charge is -2.30. The zero-order valence-corrected chi connectivity index (χ0v) is 18.9. The van der Waals surface area contributed by atoms with Crippen LogP contribution in [-0.2, 0) is 14.9 Å². The molecule has 4 heterocycles. The summed E-state index contributed by atoms with van der Waals surface area (Å²) in [6.07, 6.45) is 3.63. The minimum atomic E-state index is -0.636. The molecule has 0 bridgehead atoms. The number of carbonyl (C=O) groups excluding carboxylic acids is 1. The second kappa shape index (κ2) is 7.67. The molecule has 1 fully saturated rings. The number of fused-ring (bicyclic) bond motifs is 1. The summed E-state index contributed by atoms with van der Waals surface area (Å²) in [7, 11) is 0. The van der Waals surface area contributed by atoms with Gasteiger partial charge in [-0.15, -0.1) is 0 Å². The number of aryl methyl sites for hydroxylation is 2. The van der Waals surface area contributed by atoms with Gasteiger partial charge in [0.15, 0.2) is 0 Å². The maximum atomic E-state index is 13.6. The SMILES string of the molecule is Cc1ncc(-c2ccc3c(c2)N(c2ccc(C)c(N4CCOCC4)n2)C(=O)C3(C)C)cn1. The monoisotopic (exact) mass is 429 g/mol. The van der Waals surface area contributed by atoms with Crippen molar-refractivity contribution in [1.82, 2.24) is 15.0 Å².